The standard InChI is InChI=1S/C24H19N3O2S/c1-27-14-19(23(24(27)28)17-10-12-25-13-11-17)16-6-8-18(9-7-16)29-15-22-26-20-4-2-3-5-21(20)30-22/h2-13H,14-15H2,1H3. The number of rotatable bonds is 5. The van der Waals surface area contributed by atoms with E-state index >= 15 is 0 Å². The molecule has 0 N–H and O–H groups in total. The maximum Gasteiger partial charge on any atom is 0.254 e. The molecule has 1 aliphatic heterocycles. The van der Waals surface area contributed by atoms with Gasteiger partial charge >= 0.3 is 0 Å². The van der Waals surface area contributed by atoms with Crippen LogP contribution >= 0.6 is 11.3 Å². The molecule has 148 valence electrons. The SMILES string of the molecule is CN1CC(c2ccc(OCc3nc4ccccc4s3)cc2)=C(c2ccncc2)C1=O. The van der Waals surface area contributed by atoms with Gasteiger partial charge in [-0.1, -0.05) is 24.3 Å². The lowest BCUT2D eigenvalue weighted by Gasteiger charge is -2.09. The van der Waals surface area contributed by atoms with E-state index in [1.165, 1.54) is 0 Å². The van der Waals surface area contributed by atoms with Crippen LogP contribution in [0.3, 0.4) is 0 Å². The van der Waals surface area contributed by atoms with Crippen molar-refractivity contribution >= 4 is 38.6 Å². The summed E-state index contributed by atoms with van der Waals surface area (Å²) in [7, 11) is 1.83. The zero-order valence-electron chi connectivity index (χ0n) is 16.4. The molecule has 2 aromatic heterocycles. The van der Waals surface area contributed by atoms with Gasteiger partial charge in [0.05, 0.1) is 15.8 Å². The molecule has 1 aliphatic rings. The van der Waals surface area contributed by atoms with Crippen LogP contribution in [0.5, 0.6) is 5.75 Å². The van der Waals surface area contributed by atoms with Crippen molar-refractivity contribution in [1.29, 1.82) is 0 Å². The van der Waals surface area contributed by atoms with E-state index in [2.05, 4.69) is 16.0 Å². The Labute approximate surface area is 178 Å². The van der Waals surface area contributed by atoms with E-state index in [4.69, 9.17) is 4.74 Å². The number of hydrogen-bond donors (Lipinski definition) is 0. The van der Waals surface area contributed by atoms with Gasteiger partial charge in [0.15, 0.2) is 0 Å². The highest BCUT2D eigenvalue weighted by Crippen LogP contribution is 2.34. The first-order chi connectivity index (χ1) is 14.7. The van der Waals surface area contributed by atoms with Crippen molar-refractivity contribution in [2.24, 2.45) is 0 Å². The Kier molecular flexibility index (Phi) is 4.77. The number of fused-ring (bicyclic) bond motifs is 1. The molecule has 0 radical (unpaired) electrons. The number of carbonyl (C=O) groups is 1. The molecule has 0 bridgehead atoms. The number of likely N-dealkylation sites (N-methyl/N-ethyl adjacent to an activating group) is 1. The minimum absolute atomic E-state index is 0.0346. The largest absolute Gasteiger partial charge is 0.486 e. The lowest BCUT2D eigenvalue weighted by Crippen LogP contribution is -2.21. The number of hydrogen-bond acceptors (Lipinski definition) is 5. The van der Waals surface area contributed by atoms with Gasteiger partial charge < -0.3 is 9.64 Å². The summed E-state index contributed by atoms with van der Waals surface area (Å²) in [6.45, 7) is 1.02. The molecule has 2 aromatic carbocycles. The molecule has 4 aromatic rings. The number of amides is 1. The molecular weight excluding hydrogens is 394 g/mol. The summed E-state index contributed by atoms with van der Waals surface area (Å²) in [6.07, 6.45) is 3.43. The van der Waals surface area contributed by atoms with Gasteiger partial charge in [0.2, 0.25) is 0 Å². The Morgan fingerprint density at radius 3 is 2.53 bits per heavy atom. The van der Waals surface area contributed by atoms with Crippen molar-refractivity contribution in [3.63, 3.8) is 0 Å². The third-order valence-electron chi connectivity index (χ3n) is 5.13. The number of para-hydroxylation sites is 1. The summed E-state index contributed by atoms with van der Waals surface area (Å²) in [4.78, 5) is 23.1. The molecule has 0 spiro atoms. The Balaban J connectivity index is 1.37. The number of ether oxygens (including phenoxy) is 1. The summed E-state index contributed by atoms with van der Waals surface area (Å²) in [5, 5.41) is 0.950. The maximum atomic E-state index is 12.7. The average molecular weight is 414 g/mol. The van der Waals surface area contributed by atoms with Crippen molar-refractivity contribution in [2.75, 3.05) is 13.6 Å². The monoisotopic (exact) mass is 413 g/mol. The van der Waals surface area contributed by atoms with E-state index in [9.17, 15) is 4.79 Å². The molecule has 0 saturated carbocycles. The molecule has 3 heterocycles. The van der Waals surface area contributed by atoms with Gasteiger partial charge in [-0.25, -0.2) is 4.98 Å². The minimum Gasteiger partial charge on any atom is -0.486 e. The quantitative estimate of drug-likeness (QED) is 0.478. The van der Waals surface area contributed by atoms with Crippen LogP contribution in [0.1, 0.15) is 16.1 Å². The van der Waals surface area contributed by atoms with E-state index in [0.29, 0.717) is 13.2 Å². The highest BCUT2D eigenvalue weighted by molar-refractivity contribution is 7.18. The van der Waals surface area contributed by atoms with Gasteiger partial charge in [0, 0.05) is 26.0 Å². The van der Waals surface area contributed by atoms with Crippen molar-refractivity contribution in [3.8, 4) is 5.75 Å². The van der Waals surface area contributed by atoms with Gasteiger partial charge in [-0.2, -0.15) is 0 Å². The van der Waals surface area contributed by atoms with Gasteiger partial charge in [-0.05, 0) is 53.1 Å². The summed E-state index contributed by atoms with van der Waals surface area (Å²) < 4.78 is 7.10. The van der Waals surface area contributed by atoms with E-state index in [1.54, 1.807) is 28.6 Å². The van der Waals surface area contributed by atoms with Crippen LogP contribution in [0, 0.1) is 0 Å². The number of thiazole rings is 1. The topological polar surface area (TPSA) is 55.3 Å². The molecule has 0 unspecified atom stereocenters. The summed E-state index contributed by atoms with van der Waals surface area (Å²) in [5.74, 6) is 0.814. The second kappa shape index (κ2) is 7.72. The molecule has 1 amide bonds. The number of nitrogens with zero attached hydrogens (tertiary/aromatic N) is 3. The van der Waals surface area contributed by atoms with Crippen molar-refractivity contribution in [1.82, 2.24) is 14.9 Å². The Morgan fingerprint density at radius 2 is 1.77 bits per heavy atom. The van der Waals surface area contributed by atoms with Gasteiger partial charge in [-0.15, -0.1) is 11.3 Å². The minimum atomic E-state index is 0.0346. The van der Waals surface area contributed by atoms with Crippen LogP contribution < -0.4 is 4.74 Å². The van der Waals surface area contributed by atoms with Gasteiger partial charge in [0.1, 0.15) is 17.4 Å². The zero-order chi connectivity index (χ0) is 20.5. The molecule has 0 fully saturated rings. The molecule has 5 nitrogen and oxygen atoms in total. The smallest absolute Gasteiger partial charge is 0.254 e. The van der Waals surface area contributed by atoms with Gasteiger partial charge in [0.25, 0.3) is 5.91 Å². The first kappa shape index (κ1) is 18.5. The van der Waals surface area contributed by atoms with Crippen LogP contribution in [0.2, 0.25) is 0 Å². The van der Waals surface area contributed by atoms with Crippen LogP contribution in [-0.4, -0.2) is 34.4 Å². The lowest BCUT2D eigenvalue weighted by atomic mass is 9.97. The van der Waals surface area contributed by atoms with E-state index in [1.807, 2.05) is 61.6 Å². The normalized spacial score (nSPS) is 14.0. The summed E-state index contributed by atoms with van der Waals surface area (Å²) >= 11 is 1.65. The predicted molar refractivity (Wildman–Crippen MR) is 119 cm³/mol. The molecule has 0 saturated heterocycles. The number of aromatic nitrogens is 2. The number of pyridine rings is 1. The molecule has 5 rings (SSSR count). The summed E-state index contributed by atoms with van der Waals surface area (Å²) in [6, 6.07) is 19.8. The predicted octanol–water partition coefficient (Wildman–Crippen LogP) is 4.65. The highest BCUT2D eigenvalue weighted by Gasteiger charge is 2.29. The first-order valence-electron chi connectivity index (χ1n) is 9.66. The highest BCUT2D eigenvalue weighted by atomic mass is 32.1. The van der Waals surface area contributed by atoms with E-state index < -0.39 is 0 Å². The zero-order valence-corrected chi connectivity index (χ0v) is 17.2. The third kappa shape index (κ3) is 3.46. The fourth-order valence-electron chi connectivity index (χ4n) is 3.64. The van der Waals surface area contributed by atoms with E-state index in [-0.39, 0.29) is 5.91 Å². The van der Waals surface area contributed by atoms with Gasteiger partial charge in [-0.3, -0.25) is 9.78 Å². The molecule has 0 atom stereocenters. The van der Waals surface area contributed by atoms with E-state index in [0.717, 1.165) is 43.2 Å². The Morgan fingerprint density at radius 1 is 1.00 bits per heavy atom. The second-order valence-electron chi connectivity index (χ2n) is 7.14. The first-order valence-corrected chi connectivity index (χ1v) is 10.5. The summed E-state index contributed by atoms with van der Waals surface area (Å²) in [5.41, 5.74) is 4.67. The lowest BCUT2D eigenvalue weighted by molar-refractivity contribution is -0.122. The Hall–Kier alpha value is -3.51. The van der Waals surface area contributed by atoms with Crippen LogP contribution in [-0.2, 0) is 11.4 Å². The van der Waals surface area contributed by atoms with Crippen molar-refractivity contribution in [3.05, 3.63) is 89.2 Å². The van der Waals surface area contributed by atoms with Crippen LogP contribution in [0.25, 0.3) is 21.4 Å². The number of carbonyl (C=O) groups excluding carboxylic acids is 1. The molecule has 0 aliphatic carbocycles. The molecular formula is C24H19N3O2S. The average Bonchev–Trinajstić information content (AvgIpc) is 3.34. The molecule has 6 heteroatoms. The van der Waals surface area contributed by atoms with Crippen molar-refractivity contribution < 1.29 is 9.53 Å². The molecule has 30 heavy (non-hydrogen) atoms. The maximum absolute atomic E-state index is 12.7. The van der Waals surface area contributed by atoms with Crippen molar-refractivity contribution in [2.45, 2.75) is 6.61 Å². The number of benzene rings is 2. The fourth-order valence-corrected chi connectivity index (χ4v) is 4.52. The Bertz CT molecular complexity index is 1210. The second-order valence-corrected chi connectivity index (χ2v) is 8.25. The van der Waals surface area contributed by atoms with Crippen LogP contribution in [0.4, 0.5) is 0 Å². The third-order valence-corrected chi connectivity index (χ3v) is 6.14. The fraction of sp³-hybridized carbons (Fsp3) is 0.125. The van der Waals surface area contributed by atoms with Crippen LogP contribution in [0.15, 0.2) is 73.1 Å².